The monoisotopic (exact) mass is 502 g/mol. The maximum absolute atomic E-state index is 13.3. The van der Waals surface area contributed by atoms with Gasteiger partial charge in [0.2, 0.25) is 0 Å². The second-order valence-electron chi connectivity index (χ2n) is 7.56. The third-order valence-electron chi connectivity index (χ3n) is 5.08. The van der Waals surface area contributed by atoms with E-state index in [-0.39, 0.29) is 17.2 Å². The number of rotatable bonds is 10. The Kier molecular flexibility index (Phi) is 8.36. The molecule has 0 bridgehead atoms. The van der Waals surface area contributed by atoms with E-state index in [1.54, 1.807) is 48.7 Å². The molecule has 0 atom stereocenters. The zero-order chi connectivity index (χ0) is 25.3. The third-order valence-corrected chi connectivity index (χ3v) is 6.02. The number of amides is 1. The van der Waals surface area contributed by atoms with Crippen LogP contribution >= 0.6 is 11.8 Å². The van der Waals surface area contributed by atoms with Gasteiger partial charge in [0, 0.05) is 0 Å². The van der Waals surface area contributed by atoms with Crippen molar-refractivity contribution in [3.63, 3.8) is 0 Å². The first kappa shape index (κ1) is 25.0. The number of carbonyl (C=O) groups excluding carboxylic acids is 1. The third kappa shape index (κ3) is 6.11. The van der Waals surface area contributed by atoms with Gasteiger partial charge >= 0.3 is 0 Å². The number of ether oxygens (including phenoxy) is 2. The zero-order valence-corrected chi connectivity index (χ0v) is 20.8. The summed E-state index contributed by atoms with van der Waals surface area (Å²) in [5, 5.41) is 4.93. The smallest absolute Gasteiger partial charge is 0.266 e. The van der Waals surface area contributed by atoms with Crippen LogP contribution in [0.1, 0.15) is 19.4 Å². The molecule has 0 unspecified atom stereocenters. The highest BCUT2D eigenvalue weighted by Crippen LogP contribution is 2.23. The molecule has 36 heavy (non-hydrogen) atoms. The van der Waals surface area contributed by atoms with Crippen LogP contribution in [0.25, 0.3) is 16.6 Å². The minimum atomic E-state index is -0.317. The summed E-state index contributed by atoms with van der Waals surface area (Å²) in [6, 6.07) is 21.7. The molecule has 0 saturated carbocycles. The van der Waals surface area contributed by atoms with Gasteiger partial charge in [0.25, 0.3) is 11.5 Å². The van der Waals surface area contributed by atoms with Crippen molar-refractivity contribution in [3.05, 3.63) is 88.7 Å². The van der Waals surface area contributed by atoms with Crippen molar-refractivity contribution in [1.29, 1.82) is 0 Å². The molecule has 0 spiro atoms. The Hall–Kier alpha value is -4.11. The first-order valence-electron chi connectivity index (χ1n) is 11.5. The number of benzene rings is 3. The van der Waals surface area contributed by atoms with Crippen molar-refractivity contribution >= 4 is 34.8 Å². The fourth-order valence-electron chi connectivity index (χ4n) is 3.45. The molecule has 1 amide bonds. The van der Waals surface area contributed by atoms with Crippen LogP contribution in [0, 0.1) is 0 Å². The summed E-state index contributed by atoms with van der Waals surface area (Å²) >= 11 is 1.17. The Bertz CT molecular complexity index is 1420. The number of para-hydroxylation sites is 1. The van der Waals surface area contributed by atoms with Gasteiger partial charge in [-0.25, -0.2) is 10.4 Å². The first-order valence-corrected chi connectivity index (χ1v) is 12.5. The molecule has 4 aromatic rings. The Morgan fingerprint density at radius 1 is 0.972 bits per heavy atom. The standard InChI is InChI=1S/C27H26N4O4S/c1-3-34-21-13-9-19(10-14-21)17-28-30-25(32)18-36-27-29-24-8-6-5-7-23(24)26(33)31(27)20-11-15-22(16-12-20)35-4-2/h5-17H,3-4,18H2,1-2H3,(H,30,32). The van der Waals surface area contributed by atoms with E-state index in [9.17, 15) is 9.59 Å². The van der Waals surface area contributed by atoms with Crippen LogP contribution in [0.3, 0.4) is 0 Å². The number of carbonyl (C=O) groups is 1. The fraction of sp³-hybridized carbons (Fsp3) is 0.185. The summed E-state index contributed by atoms with van der Waals surface area (Å²) in [5.74, 6) is 1.20. The predicted molar refractivity (Wildman–Crippen MR) is 143 cm³/mol. The average Bonchev–Trinajstić information content (AvgIpc) is 2.90. The lowest BCUT2D eigenvalue weighted by molar-refractivity contribution is -0.118. The molecule has 0 fully saturated rings. The topological polar surface area (TPSA) is 94.8 Å². The summed E-state index contributed by atoms with van der Waals surface area (Å²) in [5.41, 5.74) is 4.35. The Morgan fingerprint density at radius 3 is 2.28 bits per heavy atom. The lowest BCUT2D eigenvalue weighted by Gasteiger charge is -2.13. The van der Waals surface area contributed by atoms with Crippen LogP contribution < -0.4 is 20.5 Å². The highest BCUT2D eigenvalue weighted by molar-refractivity contribution is 7.99. The van der Waals surface area contributed by atoms with Crippen LogP contribution in [0.5, 0.6) is 11.5 Å². The van der Waals surface area contributed by atoms with Crippen LogP contribution in [-0.2, 0) is 4.79 Å². The number of hydrazone groups is 1. The number of nitrogens with zero attached hydrogens (tertiary/aromatic N) is 3. The molecule has 4 rings (SSSR count). The molecule has 8 nitrogen and oxygen atoms in total. The van der Waals surface area contributed by atoms with E-state index in [2.05, 4.69) is 15.5 Å². The molecule has 0 aliphatic rings. The molecule has 0 radical (unpaired) electrons. The summed E-state index contributed by atoms with van der Waals surface area (Å²) in [6.07, 6.45) is 1.56. The number of thioether (sulfide) groups is 1. The summed E-state index contributed by atoms with van der Waals surface area (Å²) in [4.78, 5) is 30.5. The minimum Gasteiger partial charge on any atom is -0.494 e. The second-order valence-corrected chi connectivity index (χ2v) is 8.51. The number of fused-ring (bicyclic) bond motifs is 1. The van der Waals surface area contributed by atoms with Gasteiger partial charge in [0.1, 0.15) is 11.5 Å². The van der Waals surface area contributed by atoms with E-state index in [4.69, 9.17) is 9.47 Å². The van der Waals surface area contributed by atoms with Gasteiger partial charge in [0.15, 0.2) is 5.16 Å². The number of hydrogen-bond donors (Lipinski definition) is 1. The molecule has 3 aromatic carbocycles. The van der Waals surface area contributed by atoms with Gasteiger partial charge in [0.05, 0.1) is 41.8 Å². The largest absolute Gasteiger partial charge is 0.494 e. The minimum absolute atomic E-state index is 0.0302. The van der Waals surface area contributed by atoms with Crippen LogP contribution in [0.2, 0.25) is 0 Å². The Morgan fingerprint density at radius 2 is 1.61 bits per heavy atom. The molecule has 1 aromatic heterocycles. The van der Waals surface area contributed by atoms with Gasteiger partial charge < -0.3 is 9.47 Å². The number of nitrogens with one attached hydrogen (secondary N) is 1. The Labute approximate surface area is 213 Å². The summed E-state index contributed by atoms with van der Waals surface area (Å²) < 4.78 is 12.4. The van der Waals surface area contributed by atoms with Gasteiger partial charge in [-0.15, -0.1) is 0 Å². The SMILES string of the molecule is CCOc1ccc(C=NNC(=O)CSc2nc3ccccc3c(=O)n2-c2ccc(OCC)cc2)cc1. The van der Waals surface area contributed by atoms with Crippen LogP contribution in [0.4, 0.5) is 0 Å². The number of aromatic nitrogens is 2. The maximum atomic E-state index is 13.3. The van der Waals surface area contributed by atoms with Gasteiger partial charge in [-0.1, -0.05) is 23.9 Å². The predicted octanol–water partition coefficient (Wildman–Crippen LogP) is 4.43. The lowest BCUT2D eigenvalue weighted by Crippen LogP contribution is -2.24. The van der Waals surface area contributed by atoms with Gasteiger partial charge in [-0.3, -0.25) is 14.2 Å². The van der Waals surface area contributed by atoms with E-state index in [0.717, 1.165) is 11.3 Å². The van der Waals surface area contributed by atoms with Crippen molar-refractivity contribution < 1.29 is 14.3 Å². The molecular formula is C27H26N4O4S. The van der Waals surface area contributed by atoms with Crippen molar-refractivity contribution in [2.75, 3.05) is 19.0 Å². The van der Waals surface area contributed by atoms with E-state index < -0.39 is 0 Å². The highest BCUT2D eigenvalue weighted by atomic mass is 32.2. The molecule has 1 N–H and O–H groups in total. The molecule has 1 heterocycles. The Balaban J connectivity index is 1.50. The average molecular weight is 503 g/mol. The summed E-state index contributed by atoms with van der Waals surface area (Å²) in [7, 11) is 0. The molecule has 9 heteroatoms. The van der Waals surface area contributed by atoms with Crippen LogP contribution in [0.15, 0.2) is 87.8 Å². The maximum Gasteiger partial charge on any atom is 0.266 e. The normalized spacial score (nSPS) is 11.1. The highest BCUT2D eigenvalue weighted by Gasteiger charge is 2.15. The number of hydrogen-bond acceptors (Lipinski definition) is 7. The van der Waals surface area contributed by atoms with E-state index in [0.29, 0.717) is 40.7 Å². The van der Waals surface area contributed by atoms with Crippen LogP contribution in [-0.4, -0.2) is 40.6 Å². The van der Waals surface area contributed by atoms with Gasteiger partial charge in [-0.05, 0) is 80.1 Å². The first-order chi connectivity index (χ1) is 17.6. The molecular weight excluding hydrogens is 476 g/mol. The molecule has 184 valence electrons. The molecule has 0 aliphatic carbocycles. The van der Waals surface area contributed by atoms with Crippen molar-refractivity contribution in [3.8, 4) is 17.2 Å². The van der Waals surface area contributed by atoms with Crippen molar-refractivity contribution in [1.82, 2.24) is 15.0 Å². The van der Waals surface area contributed by atoms with E-state index in [1.807, 2.05) is 44.2 Å². The molecule has 0 saturated heterocycles. The van der Waals surface area contributed by atoms with Crippen molar-refractivity contribution in [2.24, 2.45) is 5.10 Å². The second kappa shape index (κ2) is 12.0. The summed E-state index contributed by atoms with van der Waals surface area (Å²) in [6.45, 7) is 4.98. The molecule has 0 aliphatic heterocycles. The lowest BCUT2D eigenvalue weighted by atomic mass is 10.2. The van der Waals surface area contributed by atoms with E-state index in [1.165, 1.54) is 16.3 Å². The zero-order valence-electron chi connectivity index (χ0n) is 20.0. The quantitative estimate of drug-likeness (QED) is 0.149. The van der Waals surface area contributed by atoms with Gasteiger partial charge in [-0.2, -0.15) is 5.10 Å². The fourth-order valence-corrected chi connectivity index (χ4v) is 4.26. The van der Waals surface area contributed by atoms with E-state index >= 15 is 0 Å². The van der Waals surface area contributed by atoms with Crippen molar-refractivity contribution in [2.45, 2.75) is 19.0 Å².